The second-order valence-electron chi connectivity index (χ2n) is 11.1. The van der Waals surface area contributed by atoms with Crippen molar-refractivity contribution in [1.29, 1.82) is 0 Å². The summed E-state index contributed by atoms with van der Waals surface area (Å²) in [6, 6.07) is 4.60. The minimum absolute atomic E-state index is 0.0244. The number of hydrogen-bond acceptors (Lipinski definition) is 8. The molecule has 194 valence electrons. The van der Waals surface area contributed by atoms with Crippen LogP contribution in [0.4, 0.5) is 0 Å². The molecule has 35 heavy (non-hydrogen) atoms. The Balaban J connectivity index is 1.44. The molecule has 0 radical (unpaired) electrons. The lowest BCUT2D eigenvalue weighted by molar-refractivity contribution is -0.288. The number of fused-ring (bicyclic) bond motifs is 5. The van der Waals surface area contributed by atoms with Crippen LogP contribution in [0.1, 0.15) is 56.6 Å². The smallest absolute Gasteiger partial charge is 0.217 e. The first-order valence-electron chi connectivity index (χ1n) is 12.7. The zero-order valence-corrected chi connectivity index (χ0v) is 20.2. The lowest BCUT2D eigenvalue weighted by Crippen LogP contribution is -2.65. The van der Waals surface area contributed by atoms with E-state index in [0.29, 0.717) is 12.3 Å². The third-order valence-corrected chi connectivity index (χ3v) is 9.18. The molecule has 1 saturated heterocycles. The molecule has 5 rings (SSSR count). The van der Waals surface area contributed by atoms with E-state index in [9.17, 15) is 30.3 Å². The molecule has 3 fully saturated rings. The number of hydrogen-bond donors (Lipinski definition) is 6. The number of carbonyl (C=O) groups excluding carboxylic acids is 1. The molecule has 0 aromatic heterocycles. The Hall–Kier alpha value is -1.75. The van der Waals surface area contributed by atoms with Crippen molar-refractivity contribution in [1.82, 2.24) is 5.32 Å². The van der Waals surface area contributed by atoms with Gasteiger partial charge >= 0.3 is 0 Å². The van der Waals surface area contributed by atoms with Crippen LogP contribution in [0, 0.1) is 17.3 Å². The Kier molecular flexibility index (Phi) is 6.61. The number of ether oxygens (including phenoxy) is 2. The minimum atomic E-state index is -1.37. The van der Waals surface area contributed by atoms with Gasteiger partial charge in [0, 0.05) is 13.3 Å². The zero-order chi connectivity index (χ0) is 25.1. The first-order chi connectivity index (χ1) is 16.6. The van der Waals surface area contributed by atoms with E-state index < -0.39 is 49.3 Å². The monoisotopic (exact) mass is 491 g/mol. The number of rotatable bonds is 4. The predicted molar refractivity (Wildman–Crippen MR) is 124 cm³/mol. The molecule has 1 aromatic rings. The molecular weight excluding hydrogens is 454 g/mol. The molecule has 6 N–H and O–H groups in total. The lowest BCUT2D eigenvalue weighted by atomic mass is 9.55. The van der Waals surface area contributed by atoms with E-state index in [4.69, 9.17) is 9.47 Å². The number of aliphatic hydroxyl groups is 4. The number of amides is 1. The van der Waals surface area contributed by atoms with Crippen LogP contribution < -0.4 is 5.32 Å². The van der Waals surface area contributed by atoms with Gasteiger partial charge in [-0.3, -0.25) is 4.79 Å². The first kappa shape index (κ1) is 24.9. The largest absolute Gasteiger partial charge is 0.508 e. The van der Waals surface area contributed by atoms with Crippen molar-refractivity contribution in [2.45, 2.75) is 94.7 Å². The van der Waals surface area contributed by atoms with Crippen molar-refractivity contribution in [3.63, 3.8) is 0 Å². The molecule has 1 heterocycles. The zero-order valence-electron chi connectivity index (χ0n) is 20.2. The molecule has 9 heteroatoms. The van der Waals surface area contributed by atoms with E-state index in [1.54, 1.807) is 6.07 Å². The normalized spacial score (nSPS) is 44.7. The van der Waals surface area contributed by atoms with Crippen molar-refractivity contribution >= 4 is 5.91 Å². The second-order valence-corrected chi connectivity index (χ2v) is 11.1. The Morgan fingerprint density at radius 1 is 1.23 bits per heavy atom. The third kappa shape index (κ3) is 4.16. The minimum Gasteiger partial charge on any atom is -0.508 e. The molecule has 11 atom stereocenters. The van der Waals surface area contributed by atoms with Crippen LogP contribution in [-0.2, 0) is 20.7 Å². The van der Waals surface area contributed by atoms with Crippen LogP contribution in [0.5, 0.6) is 5.75 Å². The molecule has 1 amide bonds. The number of nitrogens with one attached hydrogen (secondary N) is 1. The van der Waals surface area contributed by atoms with Crippen LogP contribution in [0.15, 0.2) is 18.2 Å². The fraction of sp³-hybridized carbons (Fsp3) is 0.731. The fourth-order valence-electron chi connectivity index (χ4n) is 7.47. The van der Waals surface area contributed by atoms with Crippen LogP contribution >= 0.6 is 0 Å². The average Bonchev–Trinajstić information content (AvgIpc) is 3.07. The van der Waals surface area contributed by atoms with Gasteiger partial charge in [-0.15, -0.1) is 0 Å². The van der Waals surface area contributed by atoms with E-state index in [2.05, 4.69) is 12.2 Å². The van der Waals surface area contributed by atoms with Crippen molar-refractivity contribution in [2.24, 2.45) is 17.3 Å². The molecule has 0 unspecified atom stereocenters. The third-order valence-electron chi connectivity index (χ3n) is 9.18. The van der Waals surface area contributed by atoms with Gasteiger partial charge in [-0.05, 0) is 72.1 Å². The summed E-state index contributed by atoms with van der Waals surface area (Å²) in [6.07, 6.45) is -1.89. The SMILES string of the molecule is CC(=O)N[C@H]1[C@H](O[C@H]2C[C@H](O)[C@@]3(C)CC[C@@H]4c5ccc(O)cc5CC[C@H]4[C@H]23)O[C@H](CO)[C@@H](O)[C@@H]1O. The summed E-state index contributed by atoms with van der Waals surface area (Å²) >= 11 is 0. The molecule has 2 saturated carbocycles. The van der Waals surface area contributed by atoms with Gasteiger partial charge in [-0.1, -0.05) is 13.0 Å². The highest BCUT2D eigenvalue weighted by Gasteiger charge is 2.60. The number of carbonyl (C=O) groups is 1. The molecule has 1 aromatic carbocycles. The average molecular weight is 492 g/mol. The Morgan fingerprint density at radius 3 is 2.71 bits per heavy atom. The van der Waals surface area contributed by atoms with Gasteiger partial charge in [0.2, 0.25) is 5.91 Å². The number of aryl methyl sites for hydroxylation is 1. The first-order valence-corrected chi connectivity index (χ1v) is 12.7. The maximum atomic E-state index is 11.8. The van der Waals surface area contributed by atoms with Crippen molar-refractivity contribution in [3.8, 4) is 5.75 Å². The molecule has 4 aliphatic rings. The topological polar surface area (TPSA) is 149 Å². The molecule has 0 spiro atoms. The number of aromatic hydroxyl groups is 1. The molecule has 0 bridgehead atoms. The standard InChI is InChI=1S/C26H37NO8/c1-12(29)27-22-24(33)23(32)19(11-28)35-25(22)34-18-10-20(31)26(2)8-7-16-15-6-4-14(30)9-13(15)3-5-17(16)21(18)26/h4,6,9,16-25,28,30-33H,3,5,7-8,10-11H2,1-2H3,(H,27,29)/t16-,17-,18+,19-,20+,21-,22-,23-,24-,25-,26-/m1/s1. The summed E-state index contributed by atoms with van der Waals surface area (Å²) in [6.45, 7) is 2.93. The summed E-state index contributed by atoms with van der Waals surface area (Å²) in [4.78, 5) is 11.8. The highest BCUT2D eigenvalue weighted by Crippen LogP contribution is 2.61. The number of aliphatic hydroxyl groups excluding tert-OH is 4. The van der Waals surface area contributed by atoms with E-state index in [-0.39, 0.29) is 29.1 Å². The fourth-order valence-corrected chi connectivity index (χ4v) is 7.47. The molecule has 9 nitrogen and oxygen atoms in total. The second kappa shape index (κ2) is 9.28. The van der Waals surface area contributed by atoms with Gasteiger partial charge in [0.05, 0.1) is 18.8 Å². The van der Waals surface area contributed by atoms with Crippen LogP contribution in [0.2, 0.25) is 0 Å². The maximum Gasteiger partial charge on any atom is 0.217 e. The van der Waals surface area contributed by atoms with E-state index in [1.165, 1.54) is 18.1 Å². The van der Waals surface area contributed by atoms with E-state index >= 15 is 0 Å². The van der Waals surface area contributed by atoms with Crippen LogP contribution in [0.3, 0.4) is 0 Å². The van der Waals surface area contributed by atoms with Crippen LogP contribution in [-0.4, -0.2) is 80.9 Å². The number of benzene rings is 1. The summed E-state index contributed by atoms with van der Waals surface area (Å²) < 4.78 is 12.3. The van der Waals surface area contributed by atoms with Gasteiger partial charge in [-0.25, -0.2) is 0 Å². The highest BCUT2D eigenvalue weighted by atomic mass is 16.7. The summed E-state index contributed by atoms with van der Waals surface area (Å²) in [5.41, 5.74) is 2.09. The van der Waals surface area contributed by atoms with Crippen molar-refractivity contribution in [3.05, 3.63) is 29.3 Å². The Labute approximate surface area is 205 Å². The highest BCUT2D eigenvalue weighted by molar-refractivity contribution is 5.73. The summed E-state index contributed by atoms with van der Waals surface area (Å²) in [5.74, 6) is 0.459. The van der Waals surface area contributed by atoms with Gasteiger partial charge in [0.15, 0.2) is 6.29 Å². The number of phenolic OH excluding ortho intramolecular Hbond substituents is 1. The molecule has 1 aliphatic heterocycles. The number of phenols is 1. The van der Waals surface area contributed by atoms with Gasteiger partial charge in [0.1, 0.15) is 30.1 Å². The van der Waals surface area contributed by atoms with E-state index in [0.717, 1.165) is 25.7 Å². The molecule has 3 aliphatic carbocycles. The van der Waals surface area contributed by atoms with Gasteiger partial charge in [0.25, 0.3) is 0 Å². The Bertz CT molecular complexity index is 957. The van der Waals surface area contributed by atoms with Crippen molar-refractivity contribution < 1.29 is 39.8 Å². The summed E-state index contributed by atoms with van der Waals surface area (Å²) in [5, 5.41) is 54.4. The van der Waals surface area contributed by atoms with Gasteiger partial charge in [-0.2, -0.15) is 0 Å². The summed E-state index contributed by atoms with van der Waals surface area (Å²) in [7, 11) is 0. The Morgan fingerprint density at radius 2 is 2.00 bits per heavy atom. The van der Waals surface area contributed by atoms with E-state index in [1.807, 2.05) is 12.1 Å². The van der Waals surface area contributed by atoms with Crippen molar-refractivity contribution in [2.75, 3.05) is 6.61 Å². The maximum absolute atomic E-state index is 11.8. The van der Waals surface area contributed by atoms with Crippen LogP contribution in [0.25, 0.3) is 0 Å². The van der Waals surface area contributed by atoms with Gasteiger partial charge < -0.3 is 40.3 Å². The quantitative estimate of drug-likeness (QED) is 0.358. The lowest BCUT2D eigenvalue weighted by Gasteiger charge is -2.51. The predicted octanol–water partition coefficient (Wildman–Crippen LogP) is 0.548. The molecular formula is C26H37NO8.